The third-order valence-electron chi connectivity index (χ3n) is 23.0. The number of hydrogen-bond donors (Lipinski definition) is 0. The van der Waals surface area contributed by atoms with Crippen molar-refractivity contribution in [2.24, 2.45) is 0 Å². The maximum atomic E-state index is 9.06. The van der Waals surface area contributed by atoms with Gasteiger partial charge in [-0.1, -0.05) is 364 Å². The number of fused-ring (bicyclic) bond motifs is 17. The van der Waals surface area contributed by atoms with Crippen molar-refractivity contribution >= 4 is 141 Å². The van der Waals surface area contributed by atoms with Gasteiger partial charge in [0.15, 0.2) is 0 Å². The third-order valence-corrected chi connectivity index (χ3v) is 23.0. The third kappa shape index (κ3) is 10.9. The van der Waals surface area contributed by atoms with Gasteiger partial charge in [-0.3, -0.25) is 0 Å². The molecule has 0 unspecified atom stereocenters. The predicted octanol–water partition coefficient (Wildman–Crippen LogP) is 32.6. The lowest BCUT2D eigenvalue weighted by molar-refractivity contribution is 0.669. The van der Waals surface area contributed by atoms with E-state index in [1.165, 1.54) is 0 Å². The number of benzene rings is 22. The fraction of sp³-hybridized carbons (Fsp3) is 0. The highest BCUT2D eigenvalue weighted by atomic mass is 16.3. The van der Waals surface area contributed by atoms with Gasteiger partial charge in [0.1, 0.15) is 22.3 Å². The van der Waals surface area contributed by atoms with E-state index in [1.807, 2.05) is 152 Å². The van der Waals surface area contributed by atoms with E-state index in [0.717, 1.165) is 174 Å². The molecule has 0 N–H and O–H groups in total. The summed E-state index contributed by atoms with van der Waals surface area (Å²) in [5.74, 6) is 0. The summed E-state index contributed by atoms with van der Waals surface area (Å²) in [4.78, 5) is 0. The van der Waals surface area contributed by atoms with E-state index in [0.29, 0.717) is 44.6 Å². The van der Waals surface area contributed by atoms with E-state index in [2.05, 4.69) is 133 Å². The van der Waals surface area contributed by atoms with Crippen molar-refractivity contribution in [1.82, 2.24) is 0 Å². The largest absolute Gasteiger partial charge is 0.456 e. The molecule has 0 aliphatic carbocycles. The molecule has 0 atom stereocenters. The van der Waals surface area contributed by atoms with E-state index < -0.39 is 36.3 Å². The Morgan fingerprint density at radius 3 is 1.13 bits per heavy atom. The molecule has 116 heavy (non-hydrogen) atoms. The fourth-order valence-electron chi connectivity index (χ4n) is 18.0. The molecule has 2 aromatic heterocycles. The van der Waals surface area contributed by atoms with Gasteiger partial charge in [0.2, 0.25) is 0 Å². The van der Waals surface area contributed by atoms with Crippen LogP contribution in [0.15, 0.2) is 433 Å². The minimum absolute atomic E-state index is 0.0942. The molecule has 24 aromatic rings. The van der Waals surface area contributed by atoms with Crippen molar-refractivity contribution in [3.63, 3.8) is 0 Å². The van der Waals surface area contributed by atoms with Gasteiger partial charge in [0, 0.05) is 27.1 Å². The topological polar surface area (TPSA) is 26.3 Å². The first-order valence-corrected chi connectivity index (χ1v) is 38.4. The Bertz CT molecular complexity index is 9230. The highest BCUT2D eigenvalue weighted by Gasteiger charge is 2.24. The van der Waals surface area contributed by atoms with Crippen LogP contribution in [0.4, 0.5) is 0 Å². The van der Waals surface area contributed by atoms with Gasteiger partial charge in [-0.05, 0) is 252 Å². The van der Waals surface area contributed by atoms with Gasteiger partial charge in [0.05, 0.1) is 27.4 Å². The Labute approximate surface area is 698 Å². The molecule has 22 aromatic carbocycles. The monoisotopic (exact) mass is 1490 g/mol. The lowest BCUT2D eigenvalue weighted by Gasteiger charge is -2.19. The maximum Gasteiger partial charge on any atom is 0.143 e. The number of para-hydroxylation sites is 1. The summed E-state index contributed by atoms with van der Waals surface area (Å²) in [7, 11) is 0. The summed E-state index contributed by atoms with van der Waals surface area (Å²) in [6.45, 7) is 0. The molecular weight excluding hydrogens is 1400 g/mol. The Kier molecular flexibility index (Phi) is 11.6. The normalized spacial score (nSPS) is 14.2. The minimum atomic E-state index is -0.444. The number of hydrogen-bond acceptors (Lipinski definition) is 2. The van der Waals surface area contributed by atoms with Crippen molar-refractivity contribution in [2.75, 3.05) is 0 Å². The molecule has 2 heteroatoms. The van der Waals surface area contributed by atoms with Crippen molar-refractivity contribution in [1.29, 1.82) is 0 Å². The lowest BCUT2D eigenvalue weighted by atomic mass is 9.84. The SMILES string of the molecule is [2H]c1c([2H])c([2H])c(-c2c3ccccc3c(-c3ccc4cc(-c5ccc6oc7c(-c8c([2H])c([2H])c([2H])c([2H])c8[2H])cccc7c6c5)c5ccccc5c4c3)c3ccccc23)c([2H])c1[2H].[2H]c1c([2H])c([2H])c(-c2ccc3oc4cc(-c5cc6c(-c7cccc8ccccc78)cccc6c6cc(-c7c8ccccc8c(-c8c([2H])c([2H])c([2H])c([2H])c8[2H])c8ccccc78)ccc56)ccc4c3c2)c([2H])c1[2H]. The van der Waals surface area contributed by atoms with Crippen LogP contribution in [0.25, 0.3) is 241 Å². The second-order valence-electron chi connectivity index (χ2n) is 29.2. The Morgan fingerprint density at radius 2 is 0.526 bits per heavy atom. The molecule has 0 aliphatic heterocycles. The first-order valence-electron chi connectivity index (χ1n) is 48.4. The Hall–Kier alpha value is -15.2. The van der Waals surface area contributed by atoms with Crippen molar-refractivity contribution in [2.45, 2.75) is 0 Å². The summed E-state index contributed by atoms with van der Waals surface area (Å²) < 4.78 is 184. The van der Waals surface area contributed by atoms with Crippen LogP contribution in [0, 0.1) is 0 Å². The van der Waals surface area contributed by atoms with Gasteiger partial charge in [-0.2, -0.15) is 0 Å². The van der Waals surface area contributed by atoms with Crippen LogP contribution < -0.4 is 0 Å². The first-order chi connectivity index (χ1) is 65.8. The zero-order valence-electron chi connectivity index (χ0n) is 81.7. The second kappa shape index (κ2) is 27.3. The van der Waals surface area contributed by atoms with Crippen LogP contribution in [-0.2, 0) is 0 Å². The number of rotatable bonds is 9. The van der Waals surface area contributed by atoms with Crippen molar-refractivity contribution in [3.05, 3.63) is 424 Å². The zero-order chi connectivity index (χ0) is 93.7. The van der Waals surface area contributed by atoms with Crippen molar-refractivity contribution in [3.8, 4) is 100 Å². The summed E-state index contributed by atoms with van der Waals surface area (Å²) >= 11 is 0. The van der Waals surface area contributed by atoms with Crippen LogP contribution in [0.5, 0.6) is 0 Å². The van der Waals surface area contributed by atoms with E-state index in [1.54, 1.807) is 18.2 Å². The molecule has 0 amide bonds. The predicted molar refractivity (Wildman–Crippen MR) is 494 cm³/mol. The van der Waals surface area contributed by atoms with E-state index in [4.69, 9.17) is 36.2 Å². The van der Waals surface area contributed by atoms with Crippen LogP contribution in [-0.4, -0.2) is 0 Å². The van der Waals surface area contributed by atoms with E-state index in [9.17, 15) is 0 Å². The molecule has 0 spiro atoms. The van der Waals surface area contributed by atoms with E-state index in [-0.39, 0.29) is 107 Å². The van der Waals surface area contributed by atoms with Crippen LogP contribution in [0.1, 0.15) is 27.4 Å². The standard InChI is InChI=1S/C62H38O.C52H32O/c1-3-15-39(16-4-1)42-31-34-59-58(35-42)50-33-29-43(37-60(50)63-59)55-38-57-47(46-26-13-20-40-17-7-8-21-45(40)46)27-14-28-48(57)56-36-44(30-32-49(55)56)62-53-24-11-9-22-51(53)61(41-18-5-2-6-19-41)52-23-10-12-25-54(52)62;1-3-14-33(15-4-1)38-24-13-25-45-48-31-36(28-29-49(48)53-52(38)45)46-30-35-26-27-37(32-47(35)40-19-8-7-18-39(40)46)51-43-22-11-9-20-41(43)50(34-16-5-2-6-17-34)42-21-10-12-23-44(42)51/h1-38H;1-32H/i1D,2D,3D,4D,5D,6D,15D,16D,18D,19D;1D,2D,3D,4D,5D,6D,14D,15D,16D,17D. The molecule has 0 radical (unpaired) electrons. The molecule has 0 saturated heterocycles. The molecule has 538 valence electrons. The molecule has 0 aliphatic rings. The molecule has 2 nitrogen and oxygen atoms in total. The number of furan rings is 2. The molecular formula is C114H70O2. The van der Waals surface area contributed by atoms with Gasteiger partial charge < -0.3 is 8.83 Å². The first kappa shape index (κ1) is 49.2. The van der Waals surface area contributed by atoms with Crippen LogP contribution in [0.2, 0.25) is 0 Å². The molecule has 2 heterocycles. The van der Waals surface area contributed by atoms with Gasteiger partial charge in [0.25, 0.3) is 0 Å². The summed E-state index contributed by atoms with van der Waals surface area (Å²) in [6, 6.07) is 94.8. The zero-order valence-corrected chi connectivity index (χ0v) is 61.7. The quantitative estimate of drug-likeness (QED) is 0.106. The molecule has 24 rings (SSSR count). The van der Waals surface area contributed by atoms with E-state index >= 15 is 0 Å². The Balaban J connectivity index is 0.000000155. The summed E-state index contributed by atoms with van der Waals surface area (Å²) in [6.07, 6.45) is 0. The van der Waals surface area contributed by atoms with Gasteiger partial charge >= 0.3 is 0 Å². The molecule has 0 fully saturated rings. The smallest absolute Gasteiger partial charge is 0.143 e. The second-order valence-corrected chi connectivity index (χ2v) is 29.2. The highest BCUT2D eigenvalue weighted by Crippen LogP contribution is 2.51. The Morgan fingerprint density at radius 1 is 0.155 bits per heavy atom. The molecule has 0 bridgehead atoms. The maximum absolute atomic E-state index is 9.06. The van der Waals surface area contributed by atoms with Gasteiger partial charge in [-0.25, -0.2) is 0 Å². The van der Waals surface area contributed by atoms with Crippen LogP contribution in [0.3, 0.4) is 0 Å². The van der Waals surface area contributed by atoms with Crippen LogP contribution >= 0.6 is 0 Å². The fourth-order valence-corrected chi connectivity index (χ4v) is 18.0. The van der Waals surface area contributed by atoms with Gasteiger partial charge in [-0.15, -0.1) is 0 Å². The summed E-state index contributed by atoms with van der Waals surface area (Å²) in [5, 5.41) is 20.4. The van der Waals surface area contributed by atoms with Crippen molar-refractivity contribution < 1.29 is 36.2 Å². The minimum Gasteiger partial charge on any atom is -0.456 e. The lowest BCUT2D eigenvalue weighted by Crippen LogP contribution is -1.92. The average Bonchev–Trinajstić information content (AvgIpc) is 0.942. The molecule has 0 saturated carbocycles. The highest BCUT2D eigenvalue weighted by molar-refractivity contribution is 6.27. The summed E-state index contributed by atoms with van der Waals surface area (Å²) in [5.41, 5.74) is 14.9. The average molecular weight is 1490 g/mol.